The summed E-state index contributed by atoms with van der Waals surface area (Å²) in [5.74, 6) is 0.687. The first kappa shape index (κ1) is 12.1. The summed E-state index contributed by atoms with van der Waals surface area (Å²) >= 11 is 0. The molecule has 1 fully saturated rings. The lowest BCUT2D eigenvalue weighted by atomic mass is 9.79. The SMILES string of the molecule is C=C1CCC(C(=O)[C@@H](C)c2ccccc2)CC1. The van der Waals surface area contributed by atoms with Gasteiger partial charge in [-0.3, -0.25) is 4.79 Å². The first-order valence-corrected chi connectivity index (χ1v) is 6.44. The van der Waals surface area contributed by atoms with Crippen LogP contribution < -0.4 is 0 Å². The zero-order valence-electron chi connectivity index (χ0n) is 10.5. The molecule has 0 spiro atoms. The van der Waals surface area contributed by atoms with Gasteiger partial charge in [0, 0.05) is 11.8 Å². The molecule has 1 saturated carbocycles. The minimum absolute atomic E-state index is 0.0348. The summed E-state index contributed by atoms with van der Waals surface area (Å²) in [4.78, 5) is 12.4. The summed E-state index contributed by atoms with van der Waals surface area (Å²) in [7, 11) is 0. The number of ketones is 1. The molecule has 0 N–H and O–H groups in total. The van der Waals surface area contributed by atoms with Gasteiger partial charge in [-0.15, -0.1) is 0 Å². The van der Waals surface area contributed by atoms with Crippen molar-refractivity contribution < 1.29 is 4.79 Å². The van der Waals surface area contributed by atoms with Gasteiger partial charge in [0.05, 0.1) is 0 Å². The Hall–Kier alpha value is -1.37. The minimum atomic E-state index is 0.0348. The van der Waals surface area contributed by atoms with Gasteiger partial charge >= 0.3 is 0 Å². The molecule has 1 aromatic carbocycles. The summed E-state index contributed by atoms with van der Waals surface area (Å²) in [6, 6.07) is 10.1. The van der Waals surface area contributed by atoms with Gasteiger partial charge in [0.25, 0.3) is 0 Å². The Morgan fingerprint density at radius 2 is 1.82 bits per heavy atom. The topological polar surface area (TPSA) is 17.1 Å². The lowest BCUT2D eigenvalue weighted by Gasteiger charge is -2.25. The Labute approximate surface area is 104 Å². The van der Waals surface area contributed by atoms with Gasteiger partial charge in [-0.25, -0.2) is 0 Å². The monoisotopic (exact) mass is 228 g/mol. The molecule has 0 amide bonds. The van der Waals surface area contributed by atoms with Gasteiger partial charge in [0.1, 0.15) is 5.78 Å². The van der Waals surface area contributed by atoms with Crippen LogP contribution in [-0.4, -0.2) is 5.78 Å². The van der Waals surface area contributed by atoms with Crippen LogP contribution >= 0.6 is 0 Å². The molecular weight excluding hydrogens is 208 g/mol. The molecule has 1 aliphatic carbocycles. The third-order valence-electron chi connectivity index (χ3n) is 3.82. The van der Waals surface area contributed by atoms with E-state index in [1.165, 1.54) is 5.57 Å². The molecular formula is C16H20O. The van der Waals surface area contributed by atoms with Crippen LogP contribution in [0.4, 0.5) is 0 Å². The molecule has 2 rings (SSSR count). The molecule has 17 heavy (non-hydrogen) atoms. The zero-order valence-corrected chi connectivity index (χ0v) is 10.5. The Morgan fingerprint density at radius 3 is 2.41 bits per heavy atom. The van der Waals surface area contributed by atoms with Crippen molar-refractivity contribution >= 4 is 5.78 Å². The lowest BCUT2D eigenvalue weighted by Crippen LogP contribution is -2.23. The van der Waals surface area contributed by atoms with E-state index >= 15 is 0 Å². The largest absolute Gasteiger partial charge is 0.299 e. The van der Waals surface area contributed by atoms with Crippen molar-refractivity contribution in [2.24, 2.45) is 5.92 Å². The molecule has 0 heterocycles. The van der Waals surface area contributed by atoms with E-state index in [0.29, 0.717) is 5.78 Å². The van der Waals surface area contributed by atoms with E-state index in [-0.39, 0.29) is 11.8 Å². The molecule has 0 bridgehead atoms. The maximum atomic E-state index is 12.4. The fourth-order valence-electron chi connectivity index (χ4n) is 2.57. The van der Waals surface area contributed by atoms with Crippen molar-refractivity contribution in [3.05, 3.63) is 48.0 Å². The van der Waals surface area contributed by atoms with Crippen LogP contribution in [0.25, 0.3) is 0 Å². The highest BCUT2D eigenvalue weighted by Crippen LogP contribution is 2.31. The molecule has 1 nitrogen and oxygen atoms in total. The minimum Gasteiger partial charge on any atom is -0.299 e. The van der Waals surface area contributed by atoms with Crippen LogP contribution in [0.15, 0.2) is 42.5 Å². The molecule has 90 valence electrons. The zero-order chi connectivity index (χ0) is 12.3. The van der Waals surface area contributed by atoms with Gasteiger partial charge in [-0.1, -0.05) is 49.4 Å². The summed E-state index contributed by atoms with van der Waals surface area (Å²) in [6.45, 7) is 6.03. The third kappa shape index (κ3) is 2.85. The quantitative estimate of drug-likeness (QED) is 0.712. The molecule has 0 aliphatic heterocycles. The number of allylic oxidation sites excluding steroid dienone is 1. The highest BCUT2D eigenvalue weighted by molar-refractivity contribution is 5.87. The Bertz CT molecular complexity index is 395. The fourth-order valence-corrected chi connectivity index (χ4v) is 2.57. The second-order valence-corrected chi connectivity index (χ2v) is 5.06. The Kier molecular flexibility index (Phi) is 3.78. The number of Topliss-reactive ketones (excluding diaryl/α,β-unsaturated/α-hetero) is 1. The van der Waals surface area contributed by atoms with Crippen LogP contribution in [0.5, 0.6) is 0 Å². The normalized spacial score (nSPS) is 19.0. The first-order chi connectivity index (χ1) is 8.18. The number of benzene rings is 1. The van der Waals surface area contributed by atoms with Gasteiger partial charge in [-0.2, -0.15) is 0 Å². The molecule has 0 unspecified atom stereocenters. The Balaban J connectivity index is 2.03. The number of carbonyl (C=O) groups excluding carboxylic acids is 1. The average Bonchev–Trinajstić information content (AvgIpc) is 2.39. The van der Waals surface area contributed by atoms with Crippen molar-refractivity contribution in [2.45, 2.75) is 38.5 Å². The van der Waals surface area contributed by atoms with Gasteiger partial charge in [-0.05, 0) is 31.2 Å². The highest BCUT2D eigenvalue weighted by atomic mass is 16.1. The average molecular weight is 228 g/mol. The molecule has 1 aromatic rings. The fraction of sp³-hybridized carbons (Fsp3) is 0.438. The number of rotatable bonds is 3. The summed E-state index contributed by atoms with van der Waals surface area (Å²) in [5.41, 5.74) is 2.45. The predicted octanol–water partition coefficient (Wildman–Crippen LogP) is 4.11. The number of carbonyl (C=O) groups is 1. The Morgan fingerprint density at radius 1 is 1.24 bits per heavy atom. The second-order valence-electron chi connectivity index (χ2n) is 5.06. The molecule has 0 saturated heterocycles. The maximum absolute atomic E-state index is 12.4. The van der Waals surface area contributed by atoms with Crippen LogP contribution in [0.1, 0.15) is 44.1 Å². The van der Waals surface area contributed by atoms with E-state index in [2.05, 4.69) is 6.58 Å². The number of hydrogen-bond donors (Lipinski definition) is 0. The number of hydrogen-bond acceptors (Lipinski definition) is 1. The molecule has 0 radical (unpaired) electrons. The molecule has 0 aromatic heterocycles. The van der Waals surface area contributed by atoms with Crippen molar-refractivity contribution in [3.8, 4) is 0 Å². The third-order valence-corrected chi connectivity index (χ3v) is 3.82. The van der Waals surface area contributed by atoms with Crippen molar-refractivity contribution in [1.82, 2.24) is 0 Å². The van der Waals surface area contributed by atoms with E-state index in [1.54, 1.807) is 0 Å². The van der Waals surface area contributed by atoms with Crippen molar-refractivity contribution in [2.75, 3.05) is 0 Å². The van der Waals surface area contributed by atoms with E-state index in [1.807, 2.05) is 37.3 Å². The highest BCUT2D eigenvalue weighted by Gasteiger charge is 2.26. The molecule has 1 atom stereocenters. The van der Waals surface area contributed by atoms with E-state index < -0.39 is 0 Å². The van der Waals surface area contributed by atoms with Gasteiger partial charge in [0.15, 0.2) is 0 Å². The van der Waals surface area contributed by atoms with Crippen molar-refractivity contribution in [1.29, 1.82) is 0 Å². The standard InChI is InChI=1S/C16H20O/c1-12-8-10-15(11-9-12)16(17)13(2)14-6-4-3-5-7-14/h3-7,13,15H,1,8-11H2,2H3/t13-/m0/s1. The van der Waals surface area contributed by atoms with E-state index in [4.69, 9.17) is 0 Å². The summed E-state index contributed by atoms with van der Waals surface area (Å²) < 4.78 is 0. The lowest BCUT2D eigenvalue weighted by molar-refractivity contribution is -0.124. The second kappa shape index (κ2) is 5.31. The van der Waals surface area contributed by atoms with Gasteiger partial charge < -0.3 is 0 Å². The van der Waals surface area contributed by atoms with Crippen LogP contribution in [0.2, 0.25) is 0 Å². The van der Waals surface area contributed by atoms with Crippen molar-refractivity contribution in [3.63, 3.8) is 0 Å². The summed E-state index contributed by atoms with van der Waals surface area (Å²) in [6.07, 6.45) is 4.04. The molecule has 1 aliphatic rings. The molecule has 1 heteroatoms. The smallest absolute Gasteiger partial charge is 0.143 e. The van der Waals surface area contributed by atoms with E-state index in [9.17, 15) is 4.79 Å². The van der Waals surface area contributed by atoms with Crippen LogP contribution in [0, 0.1) is 5.92 Å². The van der Waals surface area contributed by atoms with Crippen LogP contribution in [0.3, 0.4) is 0 Å². The summed E-state index contributed by atoms with van der Waals surface area (Å²) in [5, 5.41) is 0. The van der Waals surface area contributed by atoms with Gasteiger partial charge in [0.2, 0.25) is 0 Å². The first-order valence-electron chi connectivity index (χ1n) is 6.44. The maximum Gasteiger partial charge on any atom is 0.143 e. The van der Waals surface area contributed by atoms with Crippen LogP contribution in [-0.2, 0) is 4.79 Å². The van der Waals surface area contributed by atoms with E-state index in [0.717, 1.165) is 31.2 Å². The predicted molar refractivity (Wildman–Crippen MR) is 71.0 cm³/mol.